The number of halogens is 1. The van der Waals surface area contributed by atoms with Gasteiger partial charge in [0.2, 0.25) is 0 Å². The maximum absolute atomic E-state index is 13.2. The van der Waals surface area contributed by atoms with Gasteiger partial charge in [0.15, 0.2) is 0 Å². The molecule has 1 heterocycles. The Kier molecular flexibility index (Phi) is 3.56. The standard InChI is InChI=1S/C10H12FNO2/c1-2-4-7(10(13)14)9-8(11)5-3-6-12-9/h3,5-7H,2,4H2,1H3,(H,13,14). The second kappa shape index (κ2) is 4.69. The van der Waals surface area contributed by atoms with Gasteiger partial charge in [-0.3, -0.25) is 9.78 Å². The fraction of sp³-hybridized carbons (Fsp3) is 0.400. The molecular formula is C10H12FNO2. The Morgan fingerprint density at radius 1 is 1.71 bits per heavy atom. The van der Waals surface area contributed by atoms with Crippen molar-refractivity contribution in [2.45, 2.75) is 25.7 Å². The van der Waals surface area contributed by atoms with Gasteiger partial charge >= 0.3 is 5.97 Å². The molecular weight excluding hydrogens is 185 g/mol. The third kappa shape index (κ3) is 2.28. The summed E-state index contributed by atoms with van der Waals surface area (Å²) >= 11 is 0. The molecule has 1 aromatic heterocycles. The molecule has 0 saturated carbocycles. The summed E-state index contributed by atoms with van der Waals surface area (Å²) in [5.41, 5.74) is 0.0295. The molecule has 0 bridgehead atoms. The maximum Gasteiger partial charge on any atom is 0.312 e. The number of aromatic nitrogens is 1. The van der Waals surface area contributed by atoms with E-state index in [1.54, 1.807) is 0 Å². The Balaban J connectivity index is 2.99. The van der Waals surface area contributed by atoms with Gasteiger partial charge in [-0.05, 0) is 18.6 Å². The molecule has 4 heteroatoms. The third-order valence-electron chi connectivity index (χ3n) is 1.99. The minimum absolute atomic E-state index is 0.0295. The van der Waals surface area contributed by atoms with E-state index in [0.29, 0.717) is 12.8 Å². The molecule has 76 valence electrons. The van der Waals surface area contributed by atoms with E-state index >= 15 is 0 Å². The summed E-state index contributed by atoms with van der Waals surface area (Å²) in [6.45, 7) is 1.86. The first-order chi connectivity index (χ1) is 6.66. The van der Waals surface area contributed by atoms with E-state index in [1.165, 1.54) is 18.3 Å². The first-order valence-electron chi connectivity index (χ1n) is 4.50. The highest BCUT2D eigenvalue weighted by Gasteiger charge is 2.23. The zero-order valence-corrected chi connectivity index (χ0v) is 7.90. The molecule has 0 fully saturated rings. The number of nitrogens with zero attached hydrogens (tertiary/aromatic N) is 1. The van der Waals surface area contributed by atoms with Crippen molar-refractivity contribution in [1.82, 2.24) is 4.98 Å². The molecule has 0 amide bonds. The lowest BCUT2D eigenvalue weighted by Crippen LogP contribution is -2.14. The normalized spacial score (nSPS) is 12.4. The Morgan fingerprint density at radius 2 is 2.43 bits per heavy atom. The summed E-state index contributed by atoms with van der Waals surface area (Å²) in [6.07, 6.45) is 2.50. The summed E-state index contributed by atoms with van der Waals surface area (Å²) < 4.78 is 13.2. The van der Waals surface area contributed by atoms with E-state index in [2.05, 4.69) is 4.98 Å². The van der Waals surface area contributed by atoms with Crippen molar-refractivity contribution in [3.8, 4) is 0 Å². The number of carbonyl (C=O) groups is 1. The molecule has 0 spiro atoms. The summed E-state index contributed by atoms with van der Waals surface area (Å²) in [7, 11) is 0. The predicted octanol–water partition coefficient (Wildman–Crippen LogP) is 2.19. The summed E-state index contributed by atoms with van der Waals surface area (Å²) in [5.74, 6) is -2.40. The van der Waals surface area contributed by atoms with Gasteiger partial charge in [-0.2, -0.15) is 0 Å². The zero-order chi connectivity index (χ0) is 10.6. The molecule has 0 aliphatic heterocycles. The van der Waals surface area contributed by atoms with Gasteiger partial charge in [0.05, 0.1) is 5.69 Å². The Morgan fingerprint density at radius 3 is 2.93 bits per heavy atom. The lowest BCUT2D eigenvalue weighted by atomic mass is 9.99. The van der Waals surface area contributed by atoms with Crippen molar-refractivity contribution in [2.24, 2.45) is 0 Å². The van der Waals surface area contributed by atoms with Crippen molar-refractivity contribution in [3.05, 3.63) is 29.8 Å². The van der Waals surface area contributed by atoms with E-state index in [-0.39, 0.29) is 5.69 Å². The van der Waals surface area contributed by atoms with Crippen molar-refractivity contribution >= 4 is 5.97 Å². The minimum Gasteiger partial charge on any atom is -0.481 e. The van der Waals surface area contributed by atoms with Gasteiger partial charge < -0.3 is 5.11 Å². The van der Waals surface area contributed by atoms with Crippen LogP contribution in [0, 0.1) is 5.82 Å². The second-order valence-electron chi connectivity index (χ2n) is 3.05. The lowest BCUT2D eigenvalue weighted by Gasteiger charge is -2.10. The van der Waals surface area contributed by atoms with E-state index in [1.807, 2.05) is 6.92 Å². The van der Waals surface area contributed by atoms with E-state index in [0.717, 1.165) is 0 Å². The van der Waals surface area contributed by atoms with Gasteiger partial charge in [0.1, 0.15) is 11.7 Å². The Bertz CT molecular complexity index is 328. The van der Waals surface area contributed by atoms with E-state index in [9.17, 15) is 9.18 Å². The number of carboxylic acid groups (broad SMARTS) is 1. The van der Waals surface area contributed by atoms with Gasteiger partial charge in [-0.1, -0.05) is 13.3 Å². The molecule has 1 rings (SSSR count). The van der Waals surface area contributed by atoms with Gasteiger partial charge in [-0.25, -0.2) is 4.39 Å². The van der Waals surface area contributed by atoms with Crippen molar-refractivity contribution < 1.29 is 14.3 Å². The average molecular weight is 197 g/mol. The van der Waals surface area contributed by atoms with E-state index < -0.39 is 17.7 Å². The molecule has 0 saturated heterocycles. The fourth-order valence-corrected chi connectivity index (χ4v) is 1.32. The van der Waals surface area contributed by atoms with Crippen LogP contribution in [0.15, 0.2) is 18.3 Å². The monoisotopic (exact) mass is 197 g/mol. The smallest absolute Gasteiger partial charge is 0.312 e. The topological polar surface area (TPSA) is 50.2 Å². The van der Waals surface area contributed by atoms with Crippen LogP contribution in [0.1, 0.15) is 31.4 Å². The Labute approximate surface area is 81.6 Å². The molecule has 14 heavy (non-hydrogen) atoms. The number of aliphatic carboxylic acids is 1. The second-order valence-corrected chi connectivity index (χ2v) is 3.05. The average Bonchev–Trinajstić information content (AvgIpc) is 2.15. The molecule has 0 aromatic carbocycles. The fourth-order valence-electron chi connectivity index (χ4n) is 1.32. The largest absolute Gasteiger partial charge is 0.481 e. The highest BCUT2D eigenvalue weighted by molar-refractivity contribution is 5.75. The van der Waals surface area contributed by atoms with Crippen LogP contribution in [-0.2, 0) is 4.79 Å². The number of hydrogen-bond acceptors (Lipinski definition) is 2. The SMILES string of the molecule is CCCC(C(=O)O)c1ncccc1F. The highest BCUT2D eigenvalue weighted by Crippen LogP contribution is 2.21. The minimum atomic E-state index is -1.02. The summed E-state index contributed by atoms with van der Waals surface area (Å²) in [6, 6.07) is 2.68. The maximum atomic E-state index is 13.2. The quantitative estimate of drug-likeness (QED) is 0.804. The van der Waals surface area contributed by atoms with Gasteiger partial charge in [0, 0.05) is 6.20 Å². The number of pyridine rings is 1. The number of hydrogen-bond donors (Lipinski definition) is 1. The first kappa shape index (κ1) is 10.6. The lowest BCUT2D eigenvalue weighted by molar-refractivity contribution is -0.139. The first-order valence-corrected chi connectivity index (χ1v) is 4.50. The van der Waals surface area contributed by atoms with Crippen LogP contribution >= 0.6 is 0 Å². The molecule has 0 radical (unpaired) electrons. The summed E-state index contributed by atoms with van der Waals surface area (Å²) in [5, 5.41) is 8.88. The molecule has 1 aromatic rings. The van der Waals surface area contributed by atoms with E-state index in [4.69, 9.17) is 5.11 Å². The zero-order valence-electron chi connectivity index (χ0n) is 7.90. The van der Waals surface area contributed by atoms with Crippen LogP contribution in [0.25, 0.3) is 0 Å². The highest BCUT2D eigenvalue weighted by atomic mass is 19.1. The van der Waals surface area contributed by atoms with Crippen LogP contribution in [0.3, 0.4) is 0 Å². The van der Waals surface area contributed by atoms with Crippen LogP contribution < -0.4 is 0 Å². The third-order valence-corrected chi connectivity index (χ3v) is 1.99. The van der Waals surface area contributed by atoms with Crippen LogP contribution in [0.5, 0.6) is 0 Å². The van der Waals surface area contributed by atoms with Crippen LogP contribution in [0.4, 0.5) is 4.39 Å². The van der Waals surface area contributed by atoms with Crippen LogP contribution in [-0.4, -0.2) is 16.1 Å². The molecule has 0 aliphatic carbocycles. The Hall–Kier alpha value is -1.45. The molecule has 0 aliphatic rings. The van der Waals surface area contributed by atoms with Crippen molar-refractivity contribution in [3.63, 3.8) is 0 Å². The number of rotatable bonds is 4. The van der Waals surface area contributed by atoms with Gasteiger partial charge in [0.25, 0.3) is 0 Å². The van der Waals surface area contributed by atoms with Crippen LogP contribution in [0.2, 0.25) is 0 Å². The van der Waals surface area contributed by atoms with Gasteiger partial charge in [-0.15, -0.1) is 0 Å². The number of carboxylic acids is 1. The summed E-state index contributed by atoms with van der Waals surface area (Å²) in [4.78, 5) is 14.6. The molecule has 1 N–H and O–H groups in total. The molecule has 1 atom stereocenters. The molecule has 1 unspecified atom stereocenters. The predicted molar refractivity (Wildman–Crippen MR) is 49.5 cm³/mol. The van der Waals surface area contributed by atoms with Crippen molar-refractivity contribution in [2.75, 3.05) is 0 Å². The van der Waals surface area contributed by atoms with Crippen molar-refractivity contribution in [1.29, 1.82) is 0 Å². The molecule has 3 nitrogen and oxygen atoms in total.